The van der Waals surface area contributed by atoms with Crippen LogP contribution in [0.15, 0.2) is 30.6 Å². The number of benzene rings is 1. The third kappa shape index (κ3) is 3.65. The van der Waals surface area contributed by atoms with Gasteiger partial charge in [0.25, 0.3) is 5.91 Å². The molecule has 1 aliphatic rings. The molecule has 2 aromatic rings. The van der Waals surface area contributed by atoms with E-state index in [4.69, 9.17) is 4.74 Å². The molecule has 3 rings (SSSR count). The fraction of sp³-hybridized carbons (Fsp3) is 0.353. The highest BCUT2D eigenvalue weighted by molar-refractivity contribution is 6.04. The Morgan fingerprint density at radius 3 is 2.65 bits per heavy atom. The van der Waals surface area contributed by atoms with Crippen LogP contribution in [0, 0.1) is 13.8 Å². The highest BCUT2D eigenvalue weighted by Gasteiger charge is 2.14. The van der Waals surface area contributed by atoms with Crippen LogP contribution in [0.3, 0.4) is 0 Å². The molecular formula is C17H20N4O2. The van der Waals surface area contributed by atoms with Gasteiger partial charge in [0.2, 0.25) is 0 Å². The Hall–Kier alpha value is -2.47. The zero-order valence-corrected chi connectivity index (χ0v) is 13.4. The molecule has 6 nitrogen and oxygen atoms in total. The number of aryl methyl sites for hydroxylation is 2. The van der Waals surface area contributed by atoms with Gasteiger partial charge in [0.05, 0.1) is 13.2 Å². The average Bonchev–Trinajstić information content (AvgIpc) is 2.58. The molecule has 0 unspecified atom stereocenters. The Bertz CT molecular complexity index is 711. The van der Waals surface area contributed by atoms with Crippen molar-refractivity contribution in [2.75, 3.05) is 36.5 Å². The number of hydrogen-bond acceptors (Lipinski definition) is 5. The highest BCUT2D eigenvalue weighted by Crippen LogP contribution is 2.17. The van der Waals surface area contributed by atoms with Crippen molar-refractivity contribution in [1.29, 1.82) is 0 Å². The van der Waals surface area contributed by atoms with Crippen LogP contribution in [0.2, 0.25) is 0 Å². The molecule has 0 spiro atoms. The first-order valence-electron chi connectivity index (χ1n) is 7.67. The van der Waals surface area contributed by atoms with Gasteiger partial charge in [0, 0.05) is 24.7 Å². The molecule has 1 aromatic heterocycles. The Kier molecular flexibility index (Phi) is 4.52. The van der Waals surface area contributed by atoms with Crippen LogP contribution >= 0.6 is 0 Å². The number of ether oxygens (including phenoxy) is 1. The Labute approximate surface area is 135 Å². The van der Waals surface area contributed by atoms with E-state index in [0.717, 1.165) is 30.0 Å². The van der Waals surface area contributed by atoms with Crippen molar-refractivity contribution in [3.8, 4) is 0 Å². The number of carbonyl (C=O) groups excluding carboxylic acids is 1. The molecule has 6 heteroatoms. The van der Waals surface area contributed by atoms with Crippen molar-refractivity contribution < 1.29 is 9.53 Å². The lowest BCUT2D eigenvalue weighted by atomic mass is 10.1. The summed E-state index contributed by atoms with van der Waals surface area (Å²) in [5, 5.41) is 2.84. The van der Waals surface area contributed by atoms with Gasteiger partial charge in [-0.15, -0.1) is 0 Å². The number of carbonyl (C=O) groups is 1. The van der Waals surface area contributed by atoms with E-state index in [1.165, 1.54) is 6.33 Å². The molecule has 0 atom stereocenters. The van der Waals surface area contributed by atoms with E-state index in [9.17, 15) is 4.79 Å². The van der Waals surface area contributed by atoms with Crippen LogP contribution in [-0.4, -0.2) is 42.2 Å². The van der Waals surface area contributed by atoms with Crippen molar-refractivity contribution in [2.45, 2.75) is 13.8 Å². The van der Waals surface area contributed by atoms with E-state index in [-0.39, 0.29) is 5.91 Å². The third-order valence-electron chi connectivity index (χ3n) is 4.00. The minimum absolute atomic E-state index is 0.167. The number of morpholine rings is 1. The first-order chi connectivity index (χ1) is 11.1. The molecule has 1 amide bonds. The van der Waals surface area contributed by atoms with Crippen LogP contribution in [0.1, 0.15) is 21.5 Å². The normalized spacial score (nSPS) is 14.6. The molecule has 1 fully saturated rings. The number of hydrogen-bond donors (Lipinski definition) is 1. The first kappa shape index (κ1) is 15.4. The minimum atomic E-state index is -0.167. The topological polar surface area (TPSA) is 67.4 Å². The number of nitrogens with zero attached hydrogens (tertiary/aromatic N) is 3. The Morgan fingerprint density at radius 1 is 1.13 bits per heavy atom. The lowest BCUT2D eigenvalue weighted by Crippen LogP contribution is -2.36. The molecule has 0 aliphatic carbocycles. The average molecular weight is 312 g/mol. The smallest absolute Gasteiger partial charge is 0.256 e. The number of amides is 1. The fourth-order valence-corrected chi connectivity index (χ4v) is 2.45. The lowest BCUT2D eigenvalue weighted by Gasteiger charge is -2.27. The van der Waals surface area contributed by atoms with Gasteiger partial charge in [-0.1, -0.05) is 6.07 Å². The third-order valence-corrected chi connectivity index (χ3v) is 4.00. The van der Waals surface area contributed by atoms with Crippen LogP contribution in [0.25, 0.3) is 0 Å². The predicted molar refractivity (Wildman–Crippen MR) is 88.9 cm³/mol. The van der Waals surface area contributed by atoms with Gasteiger partial charge in [-0.2, -0.15) is 0 Å². The van der Waals surface area contributed by atoms with Crippen molar-refractivity contribution in [3.05, 3.63) is 47.3 Å². The summed E-state index contributed by atoms with van der Waals surface area (Å²) in [5.41, 5.74) is 2.88. The second kappa shape index (κ2) is 6.75. The molecule has 0 radical (unpaired) electrons. The van der Waals surface area contributed by atoms with Crippen molar-refractivity contribution in [2.24, 2.45) is 0 Å². The molecular weight excluding hydrogens is 292 g/mol. The highest BCUT2D eigenvalue weighted by atomic mass is 16.5. The van der Waals surface area contributed by atoms with E-state index in [2.05, 4.69) is 20.2 Å². The van der Waals surface area contributed by atoms with Crippen LogP contribution < -0.4 is 10.2 Å². The van der Waals surface area contributed by atoms with Gasteiger partial charge in [0.15, 0.2) is 0 Å². The summed E-state index contributed by atoms with van der Waals surface area (Å²) in [7, 11) is 0. The standard InChI is InChI=1S/C17H20N4O2/c1-12-3-4-14(9-13(12)2)17(22)20-15-10-16(19-11-18-15)21-5-7-23-8-6-21/h3-4,9-11H,5-8H2,1-2H3,(H,18,19,20,22). The largest absolute Gasteiger partial charge is 0.378 e. The Balaban J connectivity index is 1.74. The summed E-state index contributed by atoms with van der Waals surface area (Å²) < 4.78 is 5.34. The summed E-state index contributed by atoms with van der Waals surface area (Å²) in [6.07, 6.45) is 1.47. The quantitative estimate of drug-likeness (QED) is 0.941. The zero-order chi connectivity index (χ0) is 16.2. The summed E-state index contributed by atoms with van der Waals surface area (Å²) >= 11 is 0. The summed E-state index contributed by atoms with van der Waals surface area (Å²) in [6.45, 7) is 6.98. The summed E-state index contributed by atoms with van der Waals surface area (Å²) in [5.74, 6) is 1.14. The van der Waals surface area contributed by atoms with E-state index in [1.807, 2.05) is 32.0 Å². The van der Waals surface area contributed by atoms with Crippen LogP contribution in [-0.2, 0) is 4.74 Å². The van der Waals surface area contributed by atoms with Crippen molar-refractivity contribution in [3.63, 3.8) is 0 Å². The molecule has 1 aliphatic heterocycles. The van der Waals surface area contributed by atoms with Gasteiger partial charge in [0.1, 0.15) is 18.0 Å². The number of aromatic nitrogens is 2. The molecule has 1 N–H and O–H groups in total. The van der Waals surface area contributed by atoms with E-state index in [1.54, 1.807) is 6.07 Å². The van der Waals surface area contributed by atoms with Gasteiger partial charge >= 0.3 is 0 Å². The maximum absolute atomic E-state index is 12.4. The second-order valence-corrected chi connectivity index (χ2v) is 5.61. The number of nitrogens with one attached hydrogen (secondary N) is 1. The SMILES string of the molecule is Cc1ccc(C(=O)Nc2cc(N3CCOCC3)ncn2)cc1C. The molecule has 1 aromatic carbocycles. The van der Waals surface area contributed by atoms with Crippen LogP contribution in [0.5, 0.6) is 0 Å². The molecule has 1 saturated heterocycles. The summed E-state index contributed by atoms with van der Waals surface area (Å²) in [6, 6.07) is 7.45. The van der Waals surface area contributed by atoms with Gasteiger partial charge in [-0.25, -0.2) is 9.97 Å². The van der Waals surface area contributed by atoms with Crippen molar-refractivity contribution >= 4 is 17.5 Å². The zero-order valence-electron chi connectivity index (χ0n) is 13.4. The molecule has 23 heavy (non-hydrogen) atoms. The fourth-order valence-electron chi connectivity index (χ4n) is 2.45. The monoisotopic (exact) mass is 312 g/mol. The predicted octanol–water partition coefficient (Wildman–Crippen LogP) is 2.18. The van der Waals surface area contributed by atoms with E-state index in [0.29, 0.717) is 24.6 Å². The number of anilines is 2. The Morgan fingerprint density at radius 2 is 1.91 bits per heavy atom. The molecule has 2 heterocycles. The lowest BCUT2D eigenvalue weighted by molar-refractivity contribution is 0.102. The van der Waals surface area contributed by atoms with Gasteiger partial charge < -0.3 is 15.0 Å². The molecule has 0 saturated carbocycles. The maximum Gasteiger partial charge on any atom is 0.256 e. The second-order valence-electron chi connectivity index (χ2n) is 5.61. The van der Waals surface area contributed by atoms with Gasteiger partial charge in [-0.05, 0) is 37.1 Å². The minimum Gasteiger partial charge on any atom is -0.378 e. The first-order valence-corrected chi connectivity index (χ1v) is 7.67. The number of rotatable bonds is 3. The molecule has 120 valence electrons. The molecule has 0 bridgehead atoms. The maximum atomic E-state index is 12.4. The summed E-state index contributed by atoms with van der Waals surface area (Å²) in [4.78, 5) is 22.9. The van der Waals surface area contributed by atoms with E-state index < -0.39 is 0 Å². The van der Waals surface area contributed by atoms with Crippen molar-refractivity contribution in [1.82, 2.24) is 9.97 Å². The van der Waals surface area contributed by atoms with E-state index >= 15 is 0 Å². The van der Waals surface area contributed by atoms with Crippen LogP contribution in [0.4, 0.5) is 11.6 Å². The van der Waals surface area contributed by atoms with Gasteiger partial charge in [-0.3, -0.25) is 4.79 Å².